The van der Waals surface area contributed by atoms with Crippen LogP contribution < -0.4 is 0 Å². The first-order valence-corrected chi connectivity index (χ1v) is 6.17. The highest BCUT2D eigenvalue weighted by atomic mass is 35.5. The van der Waals surface area contributed by atoms with Crippen molar-refractivity contribution in [2.75, 3.05) is 0 Å². The van der Waals surface area contributed by atoms with Crippen LogP contribution in [0.2, 0.25) is 5.15 Å². The van der Waals surface area contributed by atoms with Gasteiger partial charge in [-0.05, 0) is 24.3 Å². The van der Waals surface area contributed by atoms with E-state index in [-0.39, 0.29) is 16.5 Å². The van der Waals surface area contributed by atoms with Gasteiger partial charge in [0.05, 0.1) is 11.9 Å². The Hall–Kier alpha value is -2.59. The molecule has 0 spiro atoms. The number of imidazole rings is 1. The van der Waals surface area contributed by atoms with Gasteiger partial charge in [0.25, 0.3) is 6.43 Å². The normalized spacial score (nSPS) is 11.0. The molecule has 0 fully saturated rings. The topological polar surface area (TPSA) is 66.9 Å². The molecule has 0 saturated heterocycles. The highest BCUT2D eigenvalue weighted by molar-refractivity contribution is 6.29. The first kappa shape index (κ1) is 13.4. The largest absolute Gasteiger partial charge is 0.282 e. The summed E-state index contributed by atoms with van der Waals surface area (Å²) in [7, 11) is 0. The standard InChI is InChI=1S/C13H6ClF2N5/c14-11-4-7(3-8(5-17)19-11)10-6-18-12-2-1-9(13(15)16)20-21(10)12/h1-4,6,13H. The van der Waals surface area contributed by atoms with Crippen LogP contribution in [0.4, 0.5) is 8.78 Å². The van der Waals surface area contributed by atoms with Crippen LogP contribution in [-0.4, -0.2) is 19.6 Å². The van der Waals surface area contributed by atoms with Crippen molar-refractivity contribution < 1.29 is 8.78 Å². The van der Waals surface area contributed by atoms with Crippen LogP contribution in [0.3, 0.4) is 0 Å². The second kappa shape index (κ2) is 5.07. The minimum Gasteiger partial charge on any atom is -0.235 e. The van der Waals surface area contributed by atoms with E-state index >= 15 is 0 Å². The number of alkyl halides is 2. The second-order valence-corrected chi connectivity index (χ2v) is 4.54. The summed E-state index contributed by atoms with van der Waals surface area (Å²) in [6, 6.07) is 7.56. The lowest BCUT2D eigenvalue weighted by molar-refractivity contribution is 0.144. The van der Waals surface area contributed by atoms with Gasteiger partial charge in [-0.3, -0.25) is 0 Å². The van der Waals surface area contributed by atoms with Crippen molar-refractivity contribution in [3.05, 3.63) is 47.0 Å². The summed E-state index contributed by atoms with van der Waals surface area (Å²) in [6.07, 6.45) is -1.20. The number of halogens is 3. The van der Waals surface area contributed by atoms with Crippen molar-refractivity contribution in [2.24, 2.45) is 0 Å². The molecule has 0 bridgehead atoms. The van der Waals surface area contributed by atoms with Crippen molar-refractivity contribution >= 4 is 17.2 Å². The van der Waals surface area contributed by atoms with Crippen molar-refractivity contribution in [1.29, 1.82) is 5.26 Å². The maximum atomic E-state index is 12.7. The number of pyridine rings is 1. The molecule has 0 radical (unpaired) electrons. The maximum Gasteiger partial charge on any atom is 0.282 e. The number of nitrogens with zero attached hydrogens (tertiary/aromatic N) is 5. The van der Waals surface area contributed by atoms with E-state index < -0.39 is 6.43 Å². The third-order valence-corrected chi connectivity index (χ3v) is 3.00. The molecule has 0 aliphatic rings. The predicted octanol–water partition coefficient (Wildman–Crippen LogP) is 3.25. The molecular formula is C13H6ClF2N5. The number of nitriles is 1. The Morgan fingerprint density at radius 3 is 2.81 bits per heavy atom. The molecule has 0 N–H and O–H groups in total. The Kier molecular flexibility index (Phi) is 3.23. The molecule has 21 heavy (non-hydrogen) atoms. The van der Waals surface area contributed by atoms with Gasteiger partial charge in [0.15, 0.2) is 5.65 Å². The van der Waals surface area contributed by atoms with Crippen molar-refractivity contribution in [3.8, 4) is 17.3 Å². The zero-order chi connectivity index (χ0) is 15.0. The summed E-state index contributed by atoms with van der Waals surface area (Å²) in [5.41, 5.74) is 1.16. The number of fused-ring (bicyclic) bond motifs is 1. The molecule has 0 saturated carbocycles. The fourth-order valence-electron chi connectivity index (χ4n) is 1.90. The van der Waals surface area contributed by atoms with E-state index in [1.54, 1.807) is 0 Å². The second-order valence-electron chi connectivity index (χ2n) is 4.15. The molecule has 104 valence electrons. The van der Waals surface area contributed by atoms with Crippen LogP contribution in [0, 0.1) is 11.3 Å². The average Bonchev–Trinajstić information content (AvgIpc) is 2.89. The van der Waals surface area contributed by atoms with Gasteiger partial charge in [-0.15, -0.1) is 0 Å². The molecule has 3 aromatic rings. The first-order chi connectivity index (χ1) is 10.1. The number of rotatable bonds is 2. The molecule has 0 unspecified atom stereocenters. The summed E-state index contributed by atoms with van der Waals surface area (Å²) in [4.78, 5) is 7.91. The summed E-state index contributed by atoms with van der Waals surface area (Å²) >= 11 is 5.85. The highest BCUT2D eigenvalue weighted by Crippen LogP contribution is 2.24. The molecule has 0 aromatic carbocycles. The van der Waals surface area contributed by atoms with Gasteiger partial charge in [0.1, 0.15) is 22.6 Å². The Morgan fingerprint density at radius 2 is 2.10 bits per heavy atom. The van der Waals surface area contributed by atoms with Crippen molar-refractivity contribution in [1.82, 2.24) is 19.6 Å². The fourth-order valence-corrected chi connectivity index (χ4v) is 2.11. The molecule has 3 rings (SSSR count). The predicted molar refractivity (Wildman–Crippen MR) is 70.9 cm³/mol. The van der Waals surface area contributed by atoms with Crippen molar-refractivity contribution in [3.63, 3.8) is 0 Å². The first-order valence-electron chi connectivity index (χ1n) is 5.79. The van der Waals surface area contributed by atoms with Gasteiger partial charge >= 0.3 is 0 Å². The Bertz CT molecular complexity index is 869. The van der Waals surface area contributed by atoms with E-state index in [4.69, 9.17) is 16.9 Å². The van der Waals surface area contributed by atoms with Crippen LogP contribution in [0.15, 0.2) is 30.5 Å². The lowest BCUT2D eigenvalue weighted by atomic mass is 10.2. The third kappa shape index (κ3) is 2.41. The quantitative estimate of drug-likeness (QED) is 0.682. The average molecular weight is 306 g/mol. The fraction of sp³-hybridized carbons (Fsp3) is 0.0769. The molecule has 8 heteroatoms. The van der Waals surface area contributed by atoms with E-state index in [0.717, 1.165) is 0 Å². The SMILES string of the molecule is N#Cc1cc(-c2cnc3ccc(C(F)F)nn23)cc(Cl)n1. The van der Waals surface area contributed by atoms with Crippen LogP contribution in [0.1, 0.15) is 17.8 Å². The van der Waals surface area contributed by atoms with Crippen LogP contribution >= 0.6 is 11.6 Å². The smallest absolute Gasteiger partial charge is 0.235 e. The van der Waals surface area contributed by atoms with E-state index in [1.165, 1.54) is 35.0 Å². The number of hydrogen-bond acceptors (Lipinski definition) is 4. The van der Waals surface area contributed by atoms with Gasteiger partial charge in [-0.2, -0.15) is 10.4 Å². The minimum atomic E-state index is -2.68. The van der Waals surface area contributed by atoms with Gasteiger partial charge in [0.2, 0.25) is 0 Å². The van der Waals surface area contributed by atoms with Gasteiger partial charge in [0, 0.05) is 5.56 Å². The Labute approximate surface area is 122 Å². The number of hydrogen-bond donors (Lipinski definition) is 0. The van der Waals surface area contributed by atoms with Gasteiger partial charge < -0.3 is 0 Å². The Morgan fingerprint density at radius 1 is 1.29 bits per heavy atom. The summed E-state index contributed by atoms with van der Waals surface area (Å²) < 4.78 is 26.8. The monoisotopic (exact) mass is 305 g/mol. The third-order valence-electron chi connectivity index (χ3n) is 2.81. The lowest BCUT2D eigenvalue weighted by Gasteiger charge is -2.04. The zero-order valence-corrected chi connectivity index (χ0v) is 11.1. The van der Waals surface area contributed by atoms with Crippen molar-refractivity contribution in [2.45, 2.75) is 6.43 Å². The molecule has 0 atom stereocenters. The van der Waals surface area contributed by atoms with E-state index in [2.05, 4.69) is 15.1 Å². The van der Waals surface area contributed by atoms with E-state index in [1.807, 2.05) is 6.07 Å². The minimum absolute atomic E-state index is 0.123. The zero-order valence-electron chi connectivity index (χ0n) is 10.3. The van der Waals surface area contributed by atoms with E-state index in [0.29, 0.717) is 16.9 Å². The molecule has 3 aromatic heterocycles. The summed E-state index contributed by atoms with van der Waals surface area (Å²) in [5, 5.41) is 12.9. The molecule has 5 nitrogen and oxygen atoms in total. The lowest BCUT2D eigenvalue weighted by Crippen LogP contribution is -2.00. The Balaban J connectivity index is 2.23. The molecule has 0 amide bonds. The van der Waals surface area contributed by atoms with Crippen LogP contribution in [-0.2, 0) is 0 Å². The maximum absolute atomic E-state index is 12.7. The van der Waals surface area contributed by atoms with E-state index in [9.17, 15) is 8.78 Å². The molecule has 0 aliphatic carbocycles. The van der Waals surface area contributed by atoms with Gasteiger partial charge in [-0.25, -0.2) is 23.3 Å². The summed E-state index contributed by atoms with van der Waals surface area (Å²) in [5.74, 6) is 0. The molecular weight excluding hydrogens is 300 g/mol. The highest BCUT2D eigenvalue weighted by Gasteiger charge is 2.14. The molecule has 0 aliphatic heterocycles. The van der Waals surface area contributed by atoms with Crippen LogP contribution in [0.5, 0.6) is 0 Å². The van der Waals surface area contributed by atoms with Crippen LogP contribution in [0.25, 0.3) is 16.9 Å². The molecule has 3 heterocycles. The summed E-state index contributed by atoms with van der Waals surface area (Å²) in [6.45, 7) is 0. The number of aromatic nitrogens is 4. The van der Waals surface area contributed by atoms with Gasteiger partial charge in [-0.1, -0.05) is 11.6 Å².